The third-order valence-corrected chi connectivity index (χ3v) is 5.71. The molecule has 1 aliphatic carbocycles. The molecule has 1 unspecified atom stereocenters. The summed E-state index contributed by atoms with van der Waals surface area (Å²) in [5, 5.41) is 9.70. The largest absolute Gasteiger partial charge is 0.399 e. The van der Waals surface area contributed by atoms with Gasteiger partial charge in [-0.25, -0.2) is 13.1 Å². The van der Waals surface area contributed by atoms with Crippen LogP contribution >= 0.6 is 0 Å². The molecule has 20 heavy (non-hydrogen) atoms. The standard InChI is InChI=1S/C14H22N2O3S/c15-12-8-6-11(7-9-12)14(17)10-16-20(18,19)13-4-2-1-3-5-13/h6-9,13-14,16-17H,1-5,10,15H2. The van der Waals surface area contributed by atoms with Gasteiger partial charge in [0.05, 0.1) is 11.4 Å². The van der Waals surface area contributed by atoms with Gasteiger partial charge in [-0.05, 0) is 30.5 Å². The van der Waals surface area contributed by atoms with E-state index in [1.165, 1.54) is 0 Å². The van der Waals surface area contributed by atoms with Crippen LogP contribution in [0, 0.1) is 0 Å². The maximum atomic E-state index is 12.1. The number of nitrogen functional groups attached to an aromatic ring is 1. The summed E-state index contributed by atoms with van der Waals surface area (Å²) in [7, 11) is -3.33. The molecule has 1 atom stereocenters. The van der Waals surface area contributed by atoms with Crippen LogP contribution in [0.25, 0.3) is 0 Å². The molecule has 1 aromatic carbocycles. The van der Waals surface area contributed by atoms with E-state index >= 15 is 0 Å². The second kappa shape index (κ2) is 6.56. The maximum absolute atomic E-state index is 12.1. The van der Waals surface area contributed by atoms with Crippen LogP contribution in [0.4, 0.5) is 5.69 Å². The molecule has 0 aromatic heterocycles. The van der Waals surface area contributed by atoms with Gasteiger partial charge in [0.2, 0.25) is 10.0 Å². The van der Waals surface area contributed by atoms with Gasteiger partial charge in [0.1, 0.15) is 0 Å². The van der Waals surface area contributed by atoms with E-state index in [0.29, 0.717) is 24.1 Å². The molecule has 0 spiro atoms. The van der Waals surface area contributed by atoms with Crippen molar-refractivity contribution in [3.63, 3.8) is 0 Å². The summed E-state index contributed by atoms with van der Waals surface area (Å²) in [4.78, 5) is 0. The second-order valence-corrected chi connectivity index (χ2v) is 7.38. The fourth-order valence-electron chi connectivity index (χ4n) is 2.52. The molecule has 1 saturated carbocycles. The Balaban J connectivity index is 1.91. The summed E-state index contributed by atoms with van der Waals surface area (Å²) >= 11 is 0. The smallest absolute Gasteiger partial charge is 0.214 e. The quantitative estimate of drug-likeness (QED) is 0.719. The Labute approximate surface area is 120 Å². The van der Waals surface area contributed by atoms with Crippen molar-refractivity contribution in [1.82, 2.24) is 4.72 Å². The first-order chi connectivity index (χ1) is 9.49. The van der Waals surface area contributed by atoms with Crippen molar-refractivity contribution in [1.29, 1.82) is 0 Å². The zero-order valence-electron chi connectivity index (χ0n) is 11.5. The molecule has 5 nitrogen and oxygen atoms in total. The number of nitrogens with one attached hydrogen (secondary N) is 1. The number of hydrogen-bond donors (Lipinski definition) is 3. The average molecular weight is 298 g/mol. The number of anilines is 1. The van der Waals surface area contributed by atoms with E-state index in [2.05, 4.69) is 4.72 Å². The van der Waals surface area contributed by atoms with E-state index in [1.54, 1.807) is 24.3 Å². The highest BCUT2D eigenvalue weighted by Crippen LogP contribution is 2.23. The third kappa shape index (κ3) is 3.94. The number of nitrogens with two attached hydrogens (primary N) is 1. The molecular weight excluding hydrogens is 276 g/mol. The number of hydrogen-bond acceptors (Lipinski definition) is 4. The highest BCUT2D eigenvalue weighted by molar-refractivity contribution is 7.90. The van der Waals surface area contributed by atoms with Gasteiger partial charge in [-0.2, -0.15) is 0 Å². The minimum Gasteiger partial charge on any atom is -0.399 e. The van der Waals surface area contributed by atoms with Crippen LogP contribution in [0.15, 0.2) is 24.3 Å². The molecule has 0 radical (unpaired) electrons. The van der Waals surface area contributed by atoms with Crippen molar-refractivity contribution in [3.8, 4) is 0 Å². The lowest BCUT2D eigenvalue weighted by molar-refractivity contribution is 0.182. The molecule has 1 aromatic rings. The molecule has 1 aliphatic rings. The van der Waals surface area contributed by atoms with E-state index in [1.807, 2.05) is 0 Å². The first kappa shape index (κ1) is 15.3. The van der Waals surface area contributed by atoms with E-state index in [0.717, 1.165) is 19.3 Å². The highest BCUT2D eigenvalue weighted by atomic mass is 32.2. The van der Waals surface area contributed by atoms with E-state index in [-0.39, 0.29) is 11.8 Å². The summed E-state index contributed by atoms with van der Waals surface area (Å²) in [6.07, 6.45) is 3.62. The van der Waals surface area contributed by atoms with Crippen LogP contribution in [-0.4, -0.2) is 25.3 Å². The van der Waals surface area contributed by atoms with Gasteiger partial charge in [0.25, 0.3) is 0 Å². The van der Waals surface area contributed by atoms with Crippen molar-refractivity contribution in [2.45, 2.75) is 43.5 Å². The summed E-state index contributed by atoms with van der Waals surface area (Å²) in [5.74, 6) is 0. The van der Waals surface area contributed by atoms with Crippen molar-refractivity contribution in [2.24, 2.45) is 0 Å². The van der Waals surface area contributed by atoms with Gasteiger partial charge in [0, 0.05) is 12.2 Å². The van der Waals surface area contributed by atoms with Gasteiger partial charge in [0.15, 0.2) is 0 Å². The Hall–Kier alpha value is -1.11. The Morgan fingerprint density at radius 1 is 1.20 bits per heavy atom. The fourth-order valence-corrected chi connectivity index (χ4v) is 4.10. The lowest BCUT2D eigenvalue weighted by atomic mass is 10.0. The molecule has 112 valence electrons. The zero-order chi connectivity index (χ0) is 14.6. The van der Waals surface area contributed by atoms with E-state index in [9.17, 15) is 13.5 Å². The topological polar surface area (TPSA) is 92.4 Å². The summed E-state index contributed by atoms with van der Waals surface area (Å²) < 4.78 is 26.8. The zero-order valence-corrected chi connectivity index (χ0v) is 12.3. The summed E-state index contributed by atoms with van der Waals surface area (Å²) in [6, 6.07) is 6.78. The molecule has 1 fully saturated rings. The molecule has 4 N–H and O–H groups in total. The molecule has 0 amide bonds. The van der Waals surface area contributed by atoms with Crippen LogP contribution in [0.1, 0.15) is 43.8 Å². The Morgan fingerprint density at radius 3 is 2.40 bits per heavy atom. The van der Waals surface area contributed by atoms with Crippen molar-refractivity contribution in [2.75, 3.05) is 12.3 Å². The van der Waals surface area contributed by atoms with Crippen molar-refractivity contribution in [3.05, 3.63) is 29.8 Å². The number of aliphatic hydroxyl groups is 1. The minimum absolute atomic E-state index is 0.00273. The van der Waals surface area contributed by atoms with Crippen molar-refractivity contribution >= 4 is 15.7 Å². The Morgan fingerprint density at radius 2 is 1.80 bits per heavy atom. The van der Waals surface area contributed by atoms with E-state index < -0.39 is 16.1 Å². The fraction of sp³-hybridized carbons (Fsp3) is 0.571. The molecular formula is C14H22N2O3S. The van der Waals surface area contributed by atoms with Gasteiger partial charge in [-0.15, -0.1) is 0 Å². The van der Waals surface area contributed by atoms with Crippen LogP contribution in [0.2, 0.25) is 0 Å². The van der Waals surface area contributed by atoms with Gasteiger partial charge in [-0.1, -0.05) is 31.4 Å². The maximum Gasteiger partial charge on any atom is 0.214 e. The first-order valence-corrected chi connectivity index (χ1v) is 8.55. The molecule has 6 heteroatoms. The molecule has 0 saturated heterocycles. The lowest BCUT2D eigenvalue weighted by Crippen LogP contribution is -2.37. The van der Waals surface area contributed by atoms with Gasteiger partial charge in [-0.3, -0.25) is 0 Å². The molecule has 2 rings (SSSR count). The van der Waals surface area contributed by atoms with Crippen LogP contribution in [0.5, 0.6) is 0 Å². The predicted molar refractivity (Wildman–Crippen MR) is 79.6 cm³/mol. The number of aliphatic hydroxyl groups excluding tert-OH is 1. The van der Waals surface area contributed by atoms with Gasteiger partial charge >= 0.3 is 0 Å². The normalized spacial score (nSPS) is 18.9. The number of rotatable bonds is 5. The molecule has 0 aliphatic heterocycles. The molecule has 0 heterocycles. The highest BCUT2D eigenvalue weighted by Gasteiger charge is 2.27. The van der Waals surface area contributed by atoms with E-state index in [4.69, 9.17) is 5.73 Å². The first-order valence-electron chi connectivity index (χ1n) is 7.01. The Bertz CT molecular complexity index is 522. The molecule has 0 bridgehead atoms. The Kier molecular flexibility index (Phi) is 5.01. The monoisotopic (exact) mass is 298 g/mol. The average Bonchev–Trinajstić information content (AvgIpc) is 2.46. The van der Waals surface area contributed by atoms with Crippen LogP contribution in [-0.2, 0) is 10.0 Å². The third-order valence-electron chi connectivity index (χ3n) is 3.79. The van der Waals surface area contributed by atoms with Crippen LogP contribution < -0.4 is 10.5 Å². The SMILES string of the molecule is Nc1ccc(C(O)CNS(=O)(=O)C2CCCCC2)cc1. The van der Waals surface area contributed by atoms with Gasteiger partial charge < -0.3 is 10.8 Å². The van der Waals surface area contributed by atoms with Crippen molar-refractivity contribution < 1.29 is 13.5 Å². The predicted octanol–water partition coefficient (Wildman–Crippen LogP) is 1.55. The number of benzene rings is 1. The summed E-state index contributed by atoms with van der Waals surface area (Å²) in [6.45, 7) is 0.00273. The van der Waals surface area contributed by atoms with Crippen LogP contribution in [0.3, 0.4) is 0 Å². The summed E-state index contributed by atoms with van der Waals surface area (Å²) in [5.41, 5.74) is 6.85. The second-order valence-electron chi connectivity index (χ2n) is 5.34. The number of sulfonamides is 1. The lowest BCUT2D eigenvalue weighted by Gasteiger charge is -2.23. The minimum atomic E-state index is -3.33.